The van der Waals surface area contributed by atoms with Crippen molar-refractivity contribution in [1.29, 1.82) is 0 Å². The summed E-state index contributed by atoms with van der Waals surface area (Å²) in [5, 5.41) is 10.8. The minimum atomic E-state index is 0.237. The average Bonchev–Trinajstić information content (AvgIpc) is 3.08. The van der Waals surface area contributed by atoms with Gasteiger partial charge >= 0.3 is 0 Å². The van der Waals surface area contributed by atoms with E-state index in [-0.39, 0.29) is 5.95 Å². The molecule has 0 aliphatic carbocycles. The Hall–Kier alpha value is -3.94. The second kappa shape index (κ2) is 7.52. The van der Waals surface area contributed by atoms with Crippen LogP contribution in [0.3, 0.4) is 0 Å². The number of anilines is 4. The lowest BCUT2D eigenvalue weighted by atomic mass is 10.2. The van der Waals surface area contributed by atoms with Crippen LogP contribution in [0.2, 0.25) is 0 Å². The van der Waals surface area contributed by atoms with Crippen molar-refractivity contribution >= 4 is 23.4 Å². The lowest BCUT2D eigenvalue weighted by Crippen LogP contribution is -2.07. The number of para-hydroxylation sites is 1. The van der Waals surface area contributed by atoms with E-state index in [0.717, 1.165) is 11.3 Å². The summed E-state index contributed by atoms with van der Waals surface area (Å²) < 4.78 is 1.47. The molecule has 0 atom stereocenters. The van der Waals surface area contributed by atoms with Crippen LogP contribution in [0.15, 0.2) is 73.1 Å². The van der Waals surface area contributed by atoms with E-state index >= 15 is 0 Å². The predicted octanol–water partition coefficient (Wildman–Crippen LogP) is 3.00. The second-order valence-electron chi connectivity index (χ2n) is 5.80. The zero-order valence-electron chi connectivity index (χ0n) is 14.4. The molecule has 0 saturated carbocycles. The number of hydrogen-bond acceptors (Lipinski definition) is 7. The third kappa shape index (κ3) is 4.01. The average molecular weight is 358 g/mol. The molecule has 0 aliphatic rings. The van der Waals surface area contributed by atoms with Crippen molar-refractivity contribution in [3.05, 3.63) is 78.6 Å². The first-order valence-corrected chi connectivity index (χ1v) is 8.43. The van der Waals surface area contributed by atoms with Crippen molar-refractivity contribution in [2.75, 3.05) is 16.4 Å². The Kier molecular flexibility index (Phi) is 4.60. The molecule has 0 radical (unpaired) electrons. The minimum absolute atomic E-state index is 0.237. The van der Waals surface area contributed by atoms with Gasteiger partial charge in [-0.2, -0.15) is 9.67 Å². The van der Waals surface area contributed by atoms with Crippen molar-refractivity contribution < 1.29 is 0 Å². The predicted molar refractivity (Wildman–Crippen MR) is 105 cm³/mol. The molecule has 0 amide bonds. The van der Waals surface area contributed by atoms with Gasteiger partial charge in [0, 0.05) is 18.3 Å². The fourth-order valence-electron chi connectivity index (χ4n) is 2.54. The molecule has 4 rings (SSSR count). The summed E-state index contributed by atoms with van der Waals surface area (Å²) in [6.07, 6.45) is 1.47. The Morgan fingerprint density at radius 3 is 2.44 bits per heavy atom. The van der Waals surface area contributed by atoms with Crippen molar-refractivity contribution in [3.63, 3.8) is 0 Å². The Bertz CT molecular complexity index is 1010. The van der Waals surface area contributed by atoms with Gasteiger partial charge in [0.25, 0.3) is 0 Å². The zero-order chi connectivity index (χ0) is 18.5. The Labute approximate surface area is 156 Å². The maximum absolute atomic E-state index is 6.01. The number of nitrogen functional groups attached to an aromatic ring is 1. The van der Waals surface area contributed by atoms with Crippen LogP contribution in [-0.2, 0) is 6.54 Å². The molecule has 27 heavy (non-hydrogen) atoms. The largest absolute Gasteiger partial charge is 0.368 e. The lowest BCUT2D eigenvalue weighted by molar-refractivity contribution is 0.851. The highest BCUT2D eigenvalue weighted by atomic mass is 15.4. The molecule has 0 bridgehead atoms. The molecular formula is C19H18N8. The molecule has 0 aliphatic heterocycles. The molecule has 0 fully saturated rings. The van der Waals surface area contributed by atoms with Crippen LogP contribution in [0.5, 0.6) is 0 Å². The first-order chi connectivity index (χ1) is 13.3. The van der Waals surface area contributed by atoms with Crippen molar-refractivity contribution in [3.8, 4) is 5.82 Å². The summed E-state index contributed by atoms with van der Waals surface area (Å²) >= 11 is 0. The maximum Gasteiger partial charge on any atom is 0.248 e. The molecule has 8 nitrogen and oxygen atoms in total. The third-order valence-corrected chi connectivity index (χ3v) is 3.85. The quantitative estimate of drug-likeness (QED) is 0.486. The van der Waals surface area contributed by atoms with E-state index in [1.54, 1.807) is 6.07 Å². The van der Waals surface area contributed by atoms with Gasteiger partial charge in [-0.1, -0.05) is 48.5 Å². The highest BCUT2D eigenvalue weighted by Crippen LogP contribution is 2.17. The van der Waals surface area contributed by atoms with E-state index in [1.807, 2.05) is 60.7 Å². The zero-order valence-corrected chi connectivity index (χ0v) is 14.4. The van der Waals surface area contributed by atoms with E-state index in [9.17, 15) is 0 Å². The van der Waals surface area contributed by atoms with Crippen molar-refractivity contribution in [1.82, 2.24) is 24.7 Å². The van der Waals surface area contributed by atoms with Gasteiger partial charge in [-0.05, 0) is 17.7 Å². The van der Waals surface area contributed by atoms with Crippen LogP contribution < -0.4 is 16.4 Å². The first kappa shape index (κ1) is 16.5. The van der Waals surface area contributed by atoms with Crippen LogP contribution in [0.4, 0.5) is 23.4 Å². The molecule has 0 spiro atoms. The monoisotopic (exact) mass is 358 g/mol. The van der Waals surface area contributed by atoms with Gasteiger partial charge in [0.15, 0.2) is 5.82 Å². The van der Waals surface area contributed by atoms with E-state index in [4.69, 9.17) is 5.73 Å². The van der Waals surface area contributed by atoms with Crippen LogP contribution in [0, 0.1) is 0 Å². The van der Waals surface area contributed by atoms with Gasteiger partial charge in [-0.25, -0.2) is 9.97 Å². The van der Waals surface area contributed by atoms with Gasteiger partial charge in [0.1, 0.15) is 12.1 Å². The highest BCUT2D eigenvalue weighted by molar-refractivity contribution is 5.54. The summed E-state index contributed by atoms with van der Waals surface area (Å²) in [4.78, 5) is 12.7. The van der Waals surface area contributed by atoms with Gasteiger partial charge in [-0.15, -0.1) is 5.10 Å². The van der Waals surface area contributed by atoms with Gasteiger partial charge in [0.05, 0.1) is 0 Å². The molecule has 4 aromatic rings. The molecule has 0 unspecified atom stereocenters. The molecule has 2 aromatic heterocycles. The Morgan fingerprint density at radius 2 is 1.67 bits per heavy atom. The topological polar surface area (TPSA) is 107 Å². The number of hydrogen-bond donors (Lipinski definition) is 3. The first-order valence-electron chi connectivity index (χ1n) is 8.43. The number of nitrogens with zero attached hydrogens (tertiary/aromatic N) is 5. The van der Waals surface area contributed by atoms with Gasteiger partial charge in [-0.3, -0.25) is 0 Å². The molecule has 134 valence electrons. The van der Waals surface area contributed by atoms with E-state index < -0.39 is 0 Å². The summed E-state index contributed by atoms with van der Waals surface area (Å²) in [7, 11) is 0. The fourth-order valence-corrected chi connectivity index (χ4v) is 2.54. The van der Waals surface area contributed by atoms with Crippen LogP contribution in [-0.4, -0.2) is 24.7 Å². The SMILES string of the molecule is Nc1nc(Nc2ccccc2)nn1-c1cc(NCc2ccccc2)ncn1. The van der Waals surface area contributed by atoms with Crippen LogP contribution >= 0.6 is 0 Å². The fraction of sp³-hybridized carbons (Fsp3) is 0.0526. The van der Waals surface area contributed by atoms with E-state index in [0.29, 0.717) is 24.1 Å². The standard InChI is InChI=1S/C19H18N8/c20-18-25-19(24-15-9-5-2-6-10-15)26-27(18)17-11-16(22-13-23-17)21-12-14-7-3-1-4-8-14/h1-11,13H,12H2,(H,21,22,23)(H3,20,24,25,26). The summed E-state index contributed by atoms with van der Waals surface area (Å²) in [5.74, 6) is 1.85. The second-order valence-corrected chi connectivity index (χ2v) is 5.80. The third-order valence-electron chi connectivity index (χ3n) is 3.85. The van der Waals surface area contributed by atoms with Crippen LogP contribution in [0.1, 0.15) is 5.56 Å². The highest BCUT2D eigenvalue weighted by Gasteiger charge is 2.11. The number of rotatable bonds is 6. The Morgan fingerprint density at radius 1 is 0.926 bits per heavy atom. The summed E-state index contributed by atoms with van der Waals surface area (Å²) in [6, 6.07) is 21.5. The summed E-state index contributed by atoms with van der Waals surface area (Å²) in [6.45, 7) is 0.658. The molecular weight excluding hydrogens is 340 g/mol. The number of benzene rings is 2. The minimum Gasteiger partial charge on any atom is -0.368 e. The van der Waals surface area contributed by atoms with Gasteiger partial charge < -0.3 is 16.4 Å². The summed E-state index contributed by atoms with van der Waals surface area (Å²) in [5.41, 5.74) is 8.05. The van der Waals surface area contributed by atoms with Crippen molar-refractivity contribution in [2.24, 2.45) is 0 Å². The maximum atomic E-state index is 6.01. The Balaban J connectivity index is 1.51. The van der Waals surface area contributed by atoms with E-state index in [2.05, 4.69) is 30.7 Å². The van der Waals surface area contributed by atoms with Crippen LogP contribution in [0.25, 0.3) is 5.82 Å². The molecule has 0 saturated heterocycles. The van der Waals surface area contributed by atoms with E-state index in [1.165, 1.54) is 11.0 Å². The smallest absolute Gasteiger partial charge is 0.248 e. The van der Waals surface area contributed by atoms with Crippen molar-refractivity contribution in [2.45, 2.75) is 6.54 Å². The lowest BCUT2D eigenvalue weighted by Gasteiger charge is -2.07. The molecule has 8 heteroatoms. The van der Waals surface area contributed by atoms with Gasteiger partial charge in [0.2, 0.25) is 11.9 Å². The molecule has 2 heterocycles. The number of aromatic nitrogens is 5. The normalized spacial score (nSPS) is 10.5. The molecule has 4 N–H and O–H groups in total. The molecule has 2 aromatic carbocycles. The number of nitrogens with one attached hydrogen (secondary N) is 2. The number of nitrogens with two attached hydrogens (primary N) is 1.